The summed E-state index contributed by atoms with van der Waals surface area (Å²) in [4.78, 5) is 24.0. The molecule has 1 aromatic carbocycles. The Kier molecular flexibility index (Phi) is 3.17. The fourth-order valence-corrected chi connectivity index (χ4v) is 4.04. The molecule has 0 heterocycles. The van der Waals surface area contributed by atoms with Crippen molar-refractivity contribution >= 4 is 17.4 Å². The van der Waals surface area contributed by atoms with Crippen molar-refractivity contribution in [2.24, 2.45) is 16.7 Å². The number of benzene rings is 1. The summed E-state index contributed by atoms with van der Waals surface area (Å²) in [5.41, 5.74) is 1.20. The summed E-state index contributed by atoms with van der Waals surface area (Å²) < 4.78 is 0. The fraction of sp³-hybridized carbons (Fsp3) is 0.444. The van der Waals surface area contributed by atoms with Gasteiger partial charge in [-0.25, -0.2) is 4.79 Å². The maximum atomic E-state index is 12.7. The average Bonchev–Trinajstić information content (AvgIpc) is 2.78. The van der Waals surface area contributed by atoms with Gasteiger partial charge in [-0.2, -0.15) is 0 Å². The zero-order valence-electron chi connectivity index (χ0n) is 13.1. The molecule has 2 N–H and O–H groups in total. The largest absolute Gasteiger partial charge is 0.478 e. The minimum Gasteiger partial charge on any atom is -0.478 e. The number of nitrogens with one attached hydrogen (secondary N) is 1. The molecule has 2 fully saturated rings. The summed E-state index contributed by atoms with van der Waals surface area (Å²) in [6, 6.07) is 6.73. The third-order valence-electron chi connectivity index (χ3n) is 5.91. The lowest BCUT2D eigenvalue weighted by Gasteiger charge is -2.31. The van der Waals surface area contributed by atoms with E-state index in [-0.39, 0.29) is 28.1 Å². The van der Waals surface area contributed by atoms with Crippen LogP contribution in [0.25, 0.3) is 0 Å². The van der Waals surface area contributed by atoms with Crippen molar-refractivity contribution in [1.29, 1.82) is 0 Å². The smallest absolute Gasteiger partial charge is 0.337 e. The number of carbonyl (C=O) groups excluding carboxylic acids is 1. The number of para-hydroxylation sites is 1. The van der Waals surface area contributed by atoms with Crippen LogP contribution < -0.4 is 5.32 Å². The first kappa shape index (κ1) is 14.8. The zero-order valence-corrected chi connectivity index (χ0v) is 13.1. The van der Waals surface area contributed by atoms with Crippen molar-refractivity contribution < 1.29 is 14.7 Å². The first-order chi connectivity index (χ1) is 10.3. The lowest BCUT2D eigenvalue weighted by Crippen LogP contribution is -2.32. The molecule has 2 bridgehead atoms. The second-order valence-corrected chi connectivity index (χ2v) is 7.07. The molecule has 3 rings (SSSR count). The van der Waals surface area contributed by atoms with Crippen LogP contribution in [0.15, 0.2) is 36.0 Å². The number of fused-ring (bicyclic) bond motifs is 2. The van der Waals surface area contributed by atoms with Gasteiger partial charge in [-0.05, 0) is 36.3 Å². The van der Waals surface area contributed by atoms with Crippen LogP contribution in [0.3, 0.4) is 0 Å². The van der Waals surface area contributed by atoms with E-state index in [0.717, 1.165) is 18.4 Å². The topological polar surface area (TPSA) is 66.4 Å². The van der Waals surface area contributed by atoms with Gasteiger partial charge in [0.15, 0.2) is 5.78 Å². The highest BCUT2D eigenvalue weighted by Crippen LogP contribution is 2.65. The number of hydrogen-bond acceptors (Lipinski definition) is 3. The number of Topliss-reactive ketones (excluding diaryl/α,β-unsaturated/α-hetero) is 1. The fourth-order valence-electron chi connectivity index (χ4n) is 4.04. The molecule has 2 atom stereocenters. The summed E-state index contributed by atoms with van der Waals surface area (Å²) in [6.07, 6.45) is 3.68. The minimum absolute atomic E-state index is 0.0378. The van der Waals surface area contributed by atoms with E-state index in [2.05, 4.69) is 26.1 Å². The van der Waals surface area contributed by atoms with Crippen LogP contribution in [0.1, 0.15) is 44.0 Å². The van der Waals surface area contributed by atoms with E-state index in [1.165, 1.54) is 0 Å². The monoisotopic (exact) mass is 299 g/mol. The predicted molar refractivity (Wildman–Crippen MR) is 84.7 cm³/mol. The van der Waals surface area contributed by atoms with E-state index < -0.39 is 5.97 Å². The number of carboxylic acid groups (broad SMARTS) is 1. The van der Waals surface area contributed by atoms with Crippen molar-refractivity contribution in [3.05, 3.63) is 41.6 Å². The summed E-state index contributed by atoms with van der Waals surface area (Å²) in [5, 5.41) is 12.3. The Hall–Kier alpha value is -2.10. The number of aromatic carboxylic acids is 1. The van der Waals surface area contributed by atoms with Crippen LogP contribution >= 0.6 is 0 Å². The number of ketones is 1. The van der Waals surface area contributed by atoms with Gasteiger partial charge in [-0.1, -0.05) is 32.9 Å². The van der Waals surface area contributed by atoms with E-state index in [9.17, 15) is 14.7 Å². The molecule has 4 heteroatoms. The molecule has 116 valence electrons. The quantitative estimate of drug-likeness (QED) is 0.835. The molecule has 0 saturated heterocycles. The van der Waals surface area contributed by atoms with E-state index in [0.29, 0.717) is 5.69 Å². The highest BCUT2D eigenvalue weighted by molar-refractivity contribution is 6.05. The van der Waals surface area contributed by atoms with Gasteiger partial charge in [-0.3, -0.25) is 4.79 Å². The van der Waals surface area contributed by atoms with Crippen LogP contribution in [0.4, 0.5) is 5.69 Å². The number of carboxylic acids is 1. The standard InChI is InChI=1S/C18H21NO3/c1-17(2)13-8-9-18(17,3)15(20)12(13)10-19-14-7-5-4-6-11(14)16(21)22/h4-7,10,13,19H,8-9H2,1-3H3,(H,21,22)/b12-10-/t13-,18+/m1/s1. The Balaban J connectivity index is 1.93. The summed E-state index contributed by atoms with van der Waals surface area (Å²) in [5.74, 6) is -0.531. The second-order valence-electron chi connectivity index (χ2n) is 7.07. The van der Waals surface area contributed by atoms with Gasteiger partial charge < -0.3 is 10.4 Å². The maximum absolute atomic E-state index is 12.7. The van der Waals surface area contributed by atoms with E-state index in [4.69, 9.17) is 0 Å². The highest BCUT2D eigenvalue weighted by atomic mass is 16.4. The number of allylic oxidation sites excluding steroid dienone is 1. The Morgan fingerprint density at radius 1 is 1.32 bits per heavy atom. The van der Waals surface area contributed by atoms with Crippen LogP contribution in [0.5, 0.6) is 0 Å². The molecule has 4 nitrogen and oxygen atoms in total. The third kappa shape index (κ3) is 1.83. The van der Waals surface area contributed by atoms with Gasteiger partial charge in [0.25, 0.3) is 0 Å². The molecule has 0 radical (unpaired) electrons. The SMILES string of the molecule is CC1(C)[C@@H]2CC[C@@]1(C)C(=O)/C2=C\Nc1ccccc1C(=O)O. The Labute approximate surface area is 130 Å². The summed E-state index contributed by atoms with van der Waals surface area (Å²) in [6.45, 7) is 6.38. The van der Waals surface area contributed by atoms with Gasteiger partial charge in [0.1, 0.15) is 0 Å². The number of anilines is 1. The maximum Gasteiger partial charge on any atom is 0.337 e. The van der Waals surface area contributed by atoms with Crippen molar-refractivity contribution in [2.45, 2.75) is 33.6 Å². The number of carbonyl (C=O) groups is 2. The average molecular weight is 299 g/mol. The van der Waals surface area contributed by atoms with Gasteiger partial charge in [0.2, 0.25) is 0 Å². The van der Waals surface area contributed by atoms with Gasteiger partial charge in [0, 0.05) is 17.2 Å². The molecule has 2 aliphatic rings. The van der Waals surface area contributed by atoms with E-state index in [1.807, 2.05) is 0 Å². The lowest BCUT2D eigenvalue weighted by molar-refractivity contribution is -0.125. The van der Waals surface area contributed by atoms with Crippen LogP contribution in [-0.2, 0) is 4.79 Å². The van der Waals surface area contributed by atoms with Crippen molar-refractivity contribution in [3.63, 3.8) is 0 Å². The molecule has 0 aromatic heterocycles. The minimum atomic E-state index is -0.979. The molecule has 0 amide bonds. The third-order valence-corrected chi connectivity index (χ3v) is 5.91. The molecule has 0 spiro atoms. The van der Waals surface area contributed by atoms with E-state index >= 15 is 0 Å². The van der Waals surface area contributed by atoms with Crippen molar-refractivity contribution in [1.82, 2.24) is 0 Å². The molecule has 0 unspecified atom stereocenters. The molecule has 0 aliphatic heterocycles. The summed E-state index contributed by atoms with van der Waals surface area (Å²) >= 11 is 0. The van der Waals surface area contributed by atoms with Crippen molar-refractivity contribution in [2.75, 3.05) is 5.32 Å². The van der Waals surface area contributed by atoms with E-state index in [1.54, 1.807) is 30.5 Å². The Morgan fingerprint density at radius 2 is 2.00 bits per heavy atom. The Bertz CT molecular complexity index is 689. The molecule has 2 saturated carbocycles. The van der Waals surface area contributed by atoms with Gasteiger partial charge in [0.05, 0.1) is 11.3 Å². The molecule has 22 heavy (non-hydrogen) atoms. The van der Waals surface area contributed by atoms with Crippen LogP contribution in [0, 0.1) is 16.7 Å². The first-order valence-corrected chi connectivity index (χ1v) is 7.63. The number of hydrogen-bond donors (Lipinski definition) is 2. The van der Waals surface area contributed by atoms with Gasteiger partial charge in [-0.15, -0.1) is 0 Å². The number of rotatable bonds is 3. The highest BCUT2D eigenvalue weighted by Gasteiger charge is 2.63. The normalized spacial score (nSPS) is 30.8. The van der Waals surface area contributed by atoms with Gasteiger partial charge >= 0.3 is 5.97 Å². The Morgan fingerprint density at radius 3 is 2.59 bits per heavy atom. The molecular weight excluding hydrogens is 278 g/mol. The molecular formula is C18H21NO3. The first-order valence-electron chi connectivity index (χ1n) is 7.63. The second kappa shape index (κ2) is 4.70. The molecule has 2 aliphatic carbocycles. The van der Waals surface area contributed by atoms with Crippen LogP contribution in [-0.4, -0.2) is 16.9 Å². The predicted octanol–water partition coefficient (Wildman–Crippen LogP) is 3.71. The molecule has 1 aromatic rings. The zero-order chi connectivity index (χ0) is 16.1. The lowest BCUT2D eigenvalue weighted by atomic mass is 9.70. The summed E-state index contributed by atoms with van der Waals surface area (Å²) in [7, 11) is 0. The van der Waals surface area contributed by atoms with Crippen molar-refractivity contribution in [3.8, 4) is 0 Å². The van der Waals surface area contributed by atoms with Crippen LogP contribution in [0.2, 0.25) is 0 Å².